The third-order valence-electron chi connectivity index (χ3n) is 1.85. The maximum atomic E-state index is 11.9. The fraction of sp³-hybridized carbons (Fsp3) is 0. The molecule has 1 radical (unpaired) electrons. The Labute approximate surface area is 83.4 Å². The van der Waals surface area contributed by atoms with Gasteiger partial charge in [-0.15, -0.1) is 0 Å². The molecule has 0 aliphatic heterocycles. The van der Waals surface area contributed by atoms with Crippen LogP contribution in [0.3, 0.4) is 0 Å². The highest BCUT2D eigenvalue weighted by molar-refractivity contribution is 7.61. The van der Waals surface area contributed by atoms with E-state index in [1.807, 2.05) is 42.5 Å². The minimum Gasteiger partial charge on any atom is -0.275 e. The van der Waals surface area contributed by atoms with Gasteiger partial charge in [0.25, 0.3) is 0 Å². The molecular weight excluding hydrogens is 193 g/mol. The Morgan fingerprint density at radius 2 is 1.64 bits per heavy atom. The molecule has 0 fully saturated rings. The maximum absolute atomic E-state index is 11.9. The number of aromatic nitrogens is 1. The standard InChI is InChI=1S/C11H9NOP/c13-14(10-6-2-1-3-7-10)11-8-4-5-9-12-11/h1-9H. The summed E-state index contributed by atoms with van der Waals surface area (Å²) in [5.41, 5.74) is 0.633. The molecule has 0 saturated heterocycles. The summed E-state index contributed by atoms with van der Waals surface area (Å²) in [4.78, 5) is 4.07. The number of rotatable bonds is 2. The maximum Gasteiger partial charge on any atom is 0.155 e. The molecule has 1 atom stereocenters. The molecule has 2 aromatic rings. The Morgan fingerprint density at radius 1 is 0.929 bits per heavy atom. The summed E-state index contributed by atoms with van der Waals surface area (Å²) in [5.74, 6) is 0. The Bertz CT molecular complexity index is 386. The molecular formula is C11H9NOP. The average molecular weight is 202 g/mol. The van der Waals surface area contributed by atoms with Crippen molar-refractivity contribution in [2.75, 3.05) is 0 Å². The molecule has 0 spiro atoms. The average Bonchev–Trinajstić information content (AvgIpc) is 2.30. The zero-order valence-corrected chi connectivity index (χ0v) is 8.39. The van der Waals surface area contributed by atoms with Crippen molar-refractivity contribution in [2.45, 2.75) is 0 Å². The van der Waals surface area contributed by atoms with Crippen LogP contribution in [0, 0.1) is 0 Å². The van der Waals surface area contributed by atoms with E-state index in [2.05, 4.69) is 4.98 Å². The Kier molecular flexibility index (Phi) is 2.66. The van der Waals surface area contributed by atoms with Crippen LogP contribution in [0.25, 0.3) is 0 Å². The lowest BCUT2D eigenvalue weighted by Gasteiger charge is -1.98. The molecule has 2 rings (SSSR count). The van der Waals surface area contributed by atoms with Crippen LogP contribution in [-0.2, 0) is 4.57 Å². The minimum atomic E-state index is -1.53. The molecule has 0 amide bonds. The first-order valence-electron chi connectivity index (χ1n) is 4.31. The third-order valence-corrected chi connectivity index (χ3v) is 3.30. The molecule has 0 aliphatic carbocycles. The van der Waals surface area contributed by atoms with E-state index in [-0.39, 0.29) is 0 Å². The minimum absolute atomic E-state index is 0.633. The van der Waals surface area contributed by atoms with Crippen LogP contribution in [0.15, 0.2) is 54.7 Å². The first-order valence-corrected chi connectivity index (χ1v) is 5.57. The molecule has 1 heterocycles. The van der Waals surface area contributed by atoms with Gasteiger partial charge < -0.3 is 0 Å². The molecule has 14 heavy (non-hydrogen) atoms. The second-order valence-electron chi connectivity index (χ2n) is 2.82. The van der Waals surface area contributed by atoms with Gasteiger partial charge in [-0.1, -0.05) is 24.3 Å². The fourth-order valence-corrected chi connectivity index (χ4v) is 2.27. The first-order chi connectivity index (χ1) is 6.88. The molecule has 0 saturated carbocycles. The van der Waals surface area contributed by atoms with Crippen LogP contribution in [-0.4, -0.2) is 4.98 Å². The van der Waals surface area contributed by atoms with Crippen molar-refractivity contribution in [1.82, 2.24) is 4.98 Å². The van der Waals surface area contributed by atoms with Gasteiger partial charge in [0.05, 0.1) is 0 Å². The smallest absolute Gasteiger partial charge is 0.155 e. The zero-order chi connectivity index (χ0) is 9.80. The fourth-order valence-electron chi connectivity index (χ4n) is 1.17. The van der Waals surface area contributed by atoms with Crippen molar-refractivity contribution in [3.8, 4) is 0 Å². The van der Waals surface area contributed by atoms with E-state index in [0.717, 1.165) is 5.30 Å². The highest BCUT2D eigenvalue weighted by Gasteiger charge is 2.06. The molecule has 0 aliphatic rings. The quantitative estimate of drug-likeness (QED) is 0.696. The molecule has 0 bridgehead atoms. The summed E-state index contributed by atoms with van der Waals surface area (Å²) >= 11 is 0. The topological polar surface area (TPSA) is 30.0 Å². The third kappa shape index (κ3) is 1.86. The van der Waals surface area contributed by atoms with Crippen molar-refractivity contribution < 1.29 is 4.57 Å². The van der Waals surface area contributed by atoms with Crippen molar-refractivity contribution in [2.24, 2.45) is 0 Å². The number of hydrogen-bond acceptors (Lipinski definition) is 2. The second-order valence-corrected chi connectivity index (χ2v) is 4.38. The van der Waals surface area contributed by atoms with E-state index < -0.39 is 7.80 Å². The van der Waals surface area contributed by atoms with Gasteiger partial charge in [-0.2, -0.15) is 0 Å². The number of benzene rings is 1. The molecule has 69 valence electrons. The van der Waals surface area contributed by atoms with E-state index in [1.165, 1.54) is 0 Å². The van der Waals surface area contributed by atoms with Crippen LogP contribution in [0.1, 0.15) is 0 Å². The van der Waals surface area contributed by atoms with E-state index in [0.29, 0.717) is 5.44 Å². The summed E-state index contributed by atoms with van der Waals surface area (Å²) < 4.78 is 11.9. The van der Waals surface area contributed by atoms with Gasteiger partial charge in [0, 0.05) is 11.5 Å². The molecule has 3 heteroatoms. The van der Waals surface area contributed by atoms with E-state index in [4.69, 9.17) is 0 Å². The predicted octanol–water partition coefficient (Wildman–Crippen LogP) is 1.86. The van der Waals surface area contributed by atoms with Gasteiger partial charge in [-0.25, -0.2) is 4.98 Å². The second kappa shape index (κ2) is 4.12. The summed E-state index contributed by atoms with van der Waals surface area (Å²) in [6, 6.07) is 14.8. The van der Waals surface area contributed by atoms with Crippen LogP contribution in [0.2, 0.25) is 0 Å². The van der Waals surface area contributed by atoms with E-state index in [1.54, 1.807) is 12.3 Å². The van der Waals surface area contributed by atoms with Gasteiger partial charge in [0.15, 0.2) is 7.80 Å². The van der Waals surface area contributed by atoms with Gasteiger partial charge in [0.2, 0.25) is 0 Å². The normalized spacial score (nSPS) is 11.0. The van der Waals surface area contributed by atoms with Gasteiger partial charge >= 0.3 is 0 Å². The lowest BCUT2D eigenvalue weighted by atomic mass is 10.4. The zero-order valence-electron chi connectivity index (χ0n) is 7.50. The summed E-state index contributed by atoms with van der Waals surface area (Å²) in [5, 5.41) is 0.821. The number of hydrogen-bond donors (Lipinski definition) is 0. The van der Waals surface area contributed by atoms with Gasteiger partial charge in [0.1, 0.15) is 5.44 Å². The highest BCUT2D eigenvalue weighted by Crippen LogP contribution is 2.16. The molecule has 0 N–H and O–H groups in total. The van der Waals surface area contributed by atoms with Crippen LogP contribution in [0.4, 0.5) is 0 Å². The summed E-state index contributed by atoms with van der Waals surface area (Å²) in [6.07, 6.45) is 1.66. The van der Waals surface area contributed by atoms with Crippen molar-refractivity contribution in [3.63, 3.8) is 0 Å². The van der Waals surface area contributed by atoms with Gasteiger partial charge in [-0.05, 0) is 24.3 Å². The Hall–Kier alpha value is -1.53. The molecule has 2 nitrogen and oxygen atoms in total. The first kappa shape index (κ1) is 9.04. The predicted molar refractivity (Wildman–Crippen MR) is 57.6 cm³/mol. The number of nitrogens with zero attached hydrogens (tertiary/aromatic N) is 1. The van der Waals surface area contributed by atoms with Crippen molar-refractivity contribution >= 4 is 18.5 Å². The van der Waals surface area contributed by atoms with Crippen LogP contribution >= 0.6 is 7.80 Å². The SMILES string of the molecule is O=[P](c1ccccc1)c1ccccn1. The molecule has 1 unspecified atom stereocenters. The Balaban J connectivity index is 2.35. The van der Waals surface area contributed by atoms with Crippen LogP contribution in [0.5, 0.6) is 0 Å². The van der Waals surface area contributed by atoms with E-state index >= 15 is 0 Å². The lowest BCUT2D eigenvalue weighted by Crippen LogP contribution is -2.08. The lowest BCUT2D eigenvalue weighted by molar-refractivity contribution is 0.597. The monoisotopic (exact) mass is 202 g/mol. The van der Waals surface area contributed by atoms with Crippen LogP contribution < -0.4 is 10.7 Å². The number of pyridine rings is 1. The van der Waals surface area contributed by atoms with Crippen molar-refractivity contribution in [3.05, 3.63) is 54.7 Å². The Morgan fingerprint density at radius 3 is 2.29 bits per heavy atom. The molecule has 1 aromatic carbocycles. The van der Waals surface area contributed by atoms with Gasteiger partial charge in [-0.3, -0.25) is 4.57 Å². The largest absolute Gasteiger partial charge is 0.275 e. The summed E-state index contributed by atoms with van der Waals surface area (Å²) in [6.45, 7) is 0. The van der Waals surface area contributed by atoms with E-state index in [9.17, 15) is 4.57 Å². The van der Waals surface area contributed by atoms with Crippen molar-refractivity contribution in [1.29, 1.82) is 0 Å². The summed E-state index contributed by atoms with van der Waals surface area (Å²) in [7, 11) is -1.53. The molecule has 1 aromatic heterocycles. The highest BCUT2D eigenvalue weighted by atomic mass is 31.1.